The van der Waals surface area contributed by atoms with E-state index in [9.17, 15) is 13.2 Å². The number of hydrogen-bond acceptors (Lipinski definition) is 4. The number of anilines is 1. The summed E-state index contributed by atoms with van der Waals surface area (Å²) in [5, 5.41) is 3.22. The topological polar surface area (TPSA) is 75.7 Å². The molecule has 2 aromatic rings. The van der Waals surface area contributed by atoms with Crippen molar-refractivity contribution in [3.05, 3.63) is 59.1 Å². The zero-order valence-corrected chi connectivity index (χ0v) is 16.5. The van der Waals surface area contributed by atoms with Crippen LogP contribution in [0, 0.1) is 0 Å². The summed E-state index contributed by atoms with van der Waals surface area (Å²) in [6.45, 7) is 0.399. The van der Waals surface area contributed by atoms with Gasteiger partial charge in [0.05, 0.1) is 18.5 Å². The van der Waals surface area contributed by atoms with Crippen LogP contribution in [0.5, 0.6) is 5.75 Å². The molecule has 0 unspecified atom stereocenters. The Labute approximate surface area is 164 Å². The van der Waals surface area contributed by atoms with E-state index in [4.69, 9.17) is 16.3 Å². The highest BCUT2D eigenvalue weighted by atomic mass is 35.5. The second kappa shape index (κ2) is 8.19. The van der Waals surface area contributed by atoms with Gasteiger partial charge in [0.25, 0.3) is 5.91 Å². The Hall–Kier alpha value is -2.25. The van der Waals surface area contributed by atoms with E-state index < -0.39 is 16.1 Å². The fourth-order valence-electron chi connectivity index (χ4n) is 2.94. The zero-order chi connectivity index (χ0) is 19.4. The van der Waals surface area contributed by atoms with Gasteiger partial charge in [-0.3, -0.25) is 9.10 Å². The highest BCUT2D eigenvalue weighted by Crippen LogP contribution is 2.37. The summed E-state index contributed by atoms with van der Waals surface area (Å²) in [4.78, 5) is 12.5. The average molecular weight is 409 g/mol. The Balaban J connectivity index is 1.63. The molecule has 2 aromatic carbocycles. The summed E-state index contributed by atoms with van der Waals surface area (Å²) in [5.74, 6) is -0.0159. The van der Waals surface area contributed by atoms with Gasteiger partial charge in [-0.25, -0.2) is 8.42 Å². The third kappa shape index (κ3) is 4.93. The van der Waals surface area contributed by atoms with Crippen LogP contribution in [0.4, 0.5) is 5.69 Å². The molecule has 6 nitrogen and oxygen atoms in total. The number of sulfonamides is 1. The van der Waals surface area contributed by atoms with Crippen LogP contribution in [0.15, 0.2) is 48.5 Å². The van der Waals surface area contributed by atoms with Crippen LogP contribution in [0.2, 0.25) is 5.02 Å². The number of hydrogen-bond donors (Lipinski definition) is 1. The molecule has 0 radical (unpaired) electrons. The highest BCUT2D eigenvalue weighted by Gasteiger charge is 2.35. The van der Waals surface area contributed by atoms with Crippen molar-refractivity contribution in [2.45, 2.75) is 18.9 Å². The number of rotatable bonds is 6. The maximum atomic E-state index is 12.5. The SMILES string of the molecule is CS(=O)(=O)N1C[C@H](C(=O)NCCCc2ccccc2)Oc2ccc(Cl)cc21. The molecule has 0 aromatic heterocycles. The second-order valence-corrected chi connectivity index (χ2v) is 8.74. The minimum Gasteiger partial charge on any atom is -0.476 e. The number of carbonyl (C=O) groups is 1. The largest absolute Gasteiger partial charge is 0.476 e. The lowest BCUT2D eigenvalue weighted by atomic mass is 10.1. The van der Waals surface area contributed by atoms with E-state index in [0.717, 1.165) is 23.4 Å². The van der Waals surface area contributed by atoms with E-state index in [0.29, 0.717) is 23.0 Å². The van der Waals surface area contributed by atoms with Crippen LogP contribution in [-0.4, -0.2) is 39.8 Å². The van der Waals surface area contributed by atoms with Gasteiger partial charge >= 0.3 is 0 Å². The lowest BCUT2D eigenvalue weighted by Crippen LogP contribution is -2.50. The Morgan fingerprint density at radius 2 is 2.00 bits per heavy atom. The van der Waals surface area contributed by atoms with Crippen LogP contribution < -0.4 is 14.4 Å². The van der Waals surface area contributed by atoms with Gasteiger partial charge in [-0.15, -0.1) is 0 Å². The molecule has 0 saturated heterocycles. The van der Waals surface area contributed by atoms with Crippen LogP contribution >= 0.6 is 11.6 Å². The van der Waals surface area contributed by atoms with E-state index >= 15 is 0 Å². The Morgan fingerprint density at radius 1 is 1.26 bits per heavy atom. The van der Waals surface area contributed by atoms with Gasteiger partial charge in [0.15, 0.2) is 6.10 Å². The monoisotopic (exact) mass is 408 g/mol. The molecule has 1 N–H and O–H groups in total. The first kappa shape index (κ1) is 19.5. The smallest absolute Gasteiger partial charge is 0.263 e. The maximum absolute atomic E-state index is 12.5. The number of benzene rings is 2. The number of aryl methyl sites for hydroxylation is 1. The predicted molar refractivity (Wildman–Crippen MR) is 106 cm³/mol. The molecule has 27 heavy (non-hydrogen) atoms. The molecular weight excluding hydrogens is 388 g/mol. The van der Waals surface area contributed by atoms with Gasteiger partial charge in [0.2, 0.25) is 10.0 Å². The molecule has 144 valence electrons. The van der Waals surface area contributed by atoms with Crippen molar-refractivity contribution in [2.24, 2.45) is 0 Å². The van der Waals surface area contributed by atoms with Gasteiger partial charge in [0.1, 0.15) is 5.75 Å². The molecule has 3 rings (SSSR count). The summed E-state index contributed by atoms with van der Waals surface area (Å²) < 4.78 is 31.2. The first-order chi connectivity index (χ1) is 12.8. The van der Waals surface area contributed by atoms with Gasteiger partial charge in [-0.2, -0.15) is 0 Å². The summed E-state index contributed by atoms with van der Waals surface area (Å²) in [6.07, 6.45) is 1.82. The van der Waals surface area contributed by atoms with Gasteiger partial charge in [-0.1, -0.05) is 41.9 Å². The van der Waals surface area contributed by atoms with E-state index in [1.807, 2.05) is 30.3 Å². The van der Waals surface area contributed by atoms with Crippen molar-refractivity contribution in [2.75, 3.05) is 23.7 Å². The lowest BCUT2D eigenvalue weighted by Gasteiger charge is -2.34. The van der Waals surface area contributed by atoms with Gasteiger partial charge < -0.3 is 10.1 Å². The first-order valence-corrected chi connectivity index (χ1v) is 10.8. The Kier molecular flexibility index (Phi) is 5.92. The summed E-state index contributed by atoms with van der Waals surface area (Å²) in [7, 11) is -3.57. The van der Waals surface area contributed by atoms with Crippen LogP contribution in [0.25, 0.3) is 0 Å². The number of nitrogens with one attached hydrogen (secondary N) is 1. The number of amides is 1. The minimum atomic E-state index is -3.57. The molecule has 1 aliphatic rings. The van der Waals surface area contributed by atoms with Crippen molar-refractivity contribution < 1.29 is 17.9 Å². The molecule has 1 atom stereocenters. The molecule has 0 saturated carbocycles. The van der Waals surface area contributed by atoms with Crippen molar-refractivity contribution in [1.82, 2.24) is 5.32 Å². The van der Waals surface area contributed by atoms with Gasteiger partial charge in [0, 0.05) is 11.6 Å². The van der Waals surface area contributed by atoms with Gasteiger partial charge in [-0.05, 0) is 36.6 Å². The normalized spacial score (nSPS) is 16.4. The van der Waals surface area contributed by atoms with Crippen LogP contribution in [0.1, 0.15) is 12.0 Å². The number of nitrogens with zero attached hydrogens (tertiary/aromatic N) is 1. The molecule has 0 fully saturated rings. The molecule has 0 spiro atoms. The Bertz CT molecular complexity index is 919. The number of fused-ring (bicyclic) bond motifs is 1. The van der Waals surface area contributed by atoms with E-state index in [1.165, 1.54) is 11.6 Å². The third-order valence-corrected chi connectivity index (χ3v) is 5.65. The maximum Gasteiger partial charge on any atom is 0.263 e. The van der Waals surface area contributed by atoms with Crippen molar-refractivity contribution in [3.8, 4) is 5.75 Å². The summed E-state index contributed by atoms with van der Waals surface area (Å²) >= 11 is 5.97. The minimum absolute atomic E-state index is 0.0866. The van der Waals surface area contributed by atoms with Crippen LogP contribution in [0.3, 0.4) is 0 Å². The molecule has 1 heterocycles. The standard InChI is InChI=1S/C19H21ClN2O4S/c1-27(24,25)22-13-18(26-17-10-9-15(20)12-16(17)22)19(23)21-11-5-8-14-6-3-2-4-7-14/h2-4,6-7,9-10,12,18H,5,8,11,13H2,1H3,(H,21,23)/t18-/m1/s1. The zero-order valence-electron chi connectivity index (χ0n) is 14.9. The van der Waals surface area contributed by atoms with E-state index in [2.05, 4.69) is 5.32 Å². The number of halogens is 1. The first-order valence-electron chi connectivity index (χ1n) is 8.60. The molecule has 1 amide bonds. The van der Waals surface area contributed by atoms with E-state index in [1.54, 1.807) is 12.1 Å². The lowest BCUT2D eigenvalue weighted by molar-refractivity contribution is -0.127. The van der Waals surface area contributed by atoms with Crippen LogP contribution in [-0.2, 0) is 21.2 Å². The fourth-order valence-corrected chi connectivity index (χ4v) is 4.01. The van der Waals surface area contributed by atoms with Crippen molar-refractivity contribution in [3.63, 3.8) is 0 Å². The summed E-state index contributed by atoms with van der Waals surface area (Å²) in [6, 6.07) is 14.7. The molecule has 0 bridgehead atoms. The van der Waals surface area contributed by atoms with Crippen molar-refractivity contribution in [1.29, 1.82) is 0 Å². The molecule has 0 aliphatic carbocycles. The molecular formula is C19H21ClN2O4S. The Morgan fingerprint density at radius 3 is 2.70 bits per heavy atom. The number of carbonyl (C=O) groups excluding carboxylic acids is 1. The van der Waals surface area contributed by atoms with Crippen molar-refractivity contribution >= 4 is 33.2 Å². The highest BCUT2D eigenvalue weighted by molar-refractivity contribution is 7.92. The number of ether oxygens (including phenoxy) is 1. The quantitative estimate of drug-likeness (QED) is 0.745. The predicted octanol–water partition coefficient (Wildman–Crippen LogP) is 2.62. The molecule has 8 heteroatoms. The fraction of sp³-hybridized carbons (Fsp3) is 0.316. The molecule has 1 aliphatic heterocycles. The third-order valence-electron chi connectivity index (χ3n) is 4.27. The second-order valence-electron chi connectivity index (χ2n) is 6.39. The average Bonchev–Trinajstić information content (AvgIpc) is 2.64. The van der Waals surface area contributed by atoms with E-state index in [-0.39, 0.29) is 12.5 Å². The summed E-state index contributed by atoms with van der Waals surface area (Å²) in [5.41, 5.74) is 1.55.